The van der Waals surface area contributed by atoms with Crippen LogP contribution in [0.2, 0.25) is 0 Å². The summed E-state index contributed by atoms with van der Waals surface area (Å²) in [5, 5.41) is 2.36. The molecule has 0 fully saturated rings. The van der Waals surface area contributed by atoms with Gasteiger partial charge in [-0.15, -0.1) is 0 Å². The normalized spacial score (nSPS) is 11.9. The van der Waals surface area contributed by atoms with E-state index in [0.717, 1.165) is 0 Å². The zero-order valence-corrected chi connectivity index (χ0v) is 8.29. The number of hydrogen-bond donors (Lipinski definition) is 3. The highest BCUT2D eigenvalue weighted by atomic mass is 16.5. The summed E-state index contributed by atoms with van der Waals surface area (Å²) in [5.41, 5.74) is -0.415. The first-order valence-corrected chi connectivity index (χ1v) is 4.21. The molecule has 7 heteroatoms. The summed E-state index contributed by atoms with van der Waals surface area (Å²) in [4.78, 5) is 37.6. The molecule has 0 spiro atoms. The zero-order chi connectivity index (χ0) is 11.4. The quantitative estimate of drug-likeness (QED) is 0.560. The number of aromatic amines is 2. The van der Waals surface area contributed by atoms with Crippen LogP contribution in [0.4, 0.5) is 0 Å². The van der Waals surface area contributed by atoms with Crippen molar-refractivity contribution in [3.63, 3.8) is 0 Å². The number of nitrogens with one attached hydrogen (secondary N) is 3. The summed E-state index contributed by atoms with van der Waals surface area (Å²) >= 11 is 0. The Morgan fingerprint density at radius 1 is 1.53 bits per heavy atom. The summed E-state index contributed by atoms with van der Waals surface area (Å²) in [6, 6.07) is -0.763. The van der Waals surface area contributed by atoms with Crippen molar-refractivity contribution in [3.05, 3.63) is 22.4 Å². The SMILES string of the molecule is COC(=O)C(C)NC(=O)c1c[nH]c(=O)[nH]1. The standard InChI is InChI=1S/C8H11N3O4/c1-4(7(13)15-2)10-6(12)5-3-9-8(14)11-5/h3-4H,1-2H3,(H,10,12)(H2,9,11,14). The molecule has 15 heavy (non-hydrogen) atoms. The molecule has 1 aromatic heterocycles. The Kier molecular flexibility index (Phi) is 3.27. The largest absolute Gasteiger partial charge is 0.467 e. The number of amides is 1. The van der Waals surface area contributed by atoms with Crippen LogP contribution in [-0.4, -0.2) is 35.0 Å². The lowest BCUT2D eigenvalue weighted by Crippen LogP contribution is -2.39. The van der Waals surface area contributed by atoms with Gasteiger partial charge in [0.2, 0.25) is 0 Å². The van der Waals surface area contributed by atoms with Crippen LogP contribution in [0.3, 0.4) is 0 Å². The zero-order valence-electron chi connectivity index (χ0n) is 8.29. The monoisotopic (exact) mass is 213 g/mol. The van der Waals surface area contributed by atoms with Gasteiger partial charge in [-0.2, -0.15) is 0 Å². The molecule has 1 amide bonds. The van der Waals surface area contributed by atoms with Crippen molar-refractivity contribution in [1.29, 1.82) is 0 Å². The molecular formula is C8H11N3O4. The van der Waals surface area contributed by atoms with E-state index in [1.807, 2.05) is 0 Å². The lowest BCUT2D eigenvalue weighted by molar-refractivity contribution is -0.142. The number of ether oxygens (including phenoxy) is 1. The van der Waals surface area contributed by atoms with Crippen LogP contribution in [0.1, 0.15) is 17.4 Å². The minimum Gasteiger partial charge on any atom is -0.467 e. The van der Waals surface area contributed by atoms with E-state index < -0.39 is 23.6 Å². The van der Waals surface area contributed by atoms with E-state index >= 15 is 0 Å². The predicted molar refractivity (Wildman–Crippen MR) is 50.4 cm³/mol. The molecule has 1 heterocycles. The number of rotatable bonds is 3. The third kappa shape index (κ3) is 2.70. The number of carbonyl (C=O) groups is 2. The summed E-state index contributed by atoms with van der Waals surface area (Å²) in [6.45, 7) is 1.48. The first kappa shape index (κ1) is 11.0. The van der Waals surface area contributed by atoms with Crippen molar-refractivity contribution in [2.45, 2.75) is 13.0 Å². The van der Waals surface area contributed by atoms with Gasteiger partial charge in [0, 0.05) is 6.20 Å². The molecule has 7 nitrogen and oxygen atoms in total. The highest BCUT2D eigenvalue weighted by molar-refractivity contribution is 5.94. The predicted octanol–water partition coefficient (Wildman–Crippen LogP) is -1.01. The molecule has 1 unspecified atom stereocenters. The molecule has 0 aliphatic heterocycles. The maximum atomic E-state index is 11.4. The lowest BCUT2D eigenvalue weighted by Gasteiger charge is -2.09. The van der Waals surface area contributed by atoms with E-state index in [-0.39, 0.29) is 5.69 Å². The van der Waals surface area contributed by atoms with Gasteiger partial charge in [-0.05, 0) is 6.92 Å². The van der Waals surface area contributed by atoms with E-state index in [4.69, 9.17) is 0 Å². The van der Waals surface area contributed by atoms with Crippen molar-refractivity contribution in [2.75, 3.05) is 7.11 Å². The van der Waals surface area contributed by atoms with Gasteiger partial charge in [0.05, 0.1) is 7.11 Å². The van der Waals surface area contributed by atoms with Crippen LogP contribution in [0, 0.1) is 0 Å². The van der Waals surface area contributed by atoms with Gasteiger partial charge in [-0.3, -0.25) is 4.79 Å². The molecule has 0 radical (unpaired) electrons. The molecule has 82 valence electrons. The highest BCUT2D eigenvalue weighted by Crippen LogP contribution is 1.91. The van der Waals surface area contributed by atoms with Crippen molar-refractivity contribution in [1.82, 2.24) is 15.3 Å². The summed E-state index contributed by atoms with van der Waals surface area (Å²) in [5.74, 6) is -1.10. The van der Waals surface area contributed by atoms with Crippen LogP contribution in [0.5, 0.6) is 0 Å². The minimum atomic E-state index is -0.763. The Balaban J connectivity index is 2.64. The first-order chi connectivity index (χ1) is 7.04. The van der Waals surface area contributed by atoms with Crippen LogP contribution in [0.15, 0.2) is 11.0 Å². The summed E-state index contributed by atoms with van der Waals surface area (Å²) in [6.07, 6.45) is 1.22. The second-order valence-corrected chi connectivity index (χ2v) is 2.87. The molecule has 0 saturated heterocycles. The van der Waals surface area contributed by atoms with Crippen LogP contribution >= 0.6 is 0 Å². The van der Waals surface area contributed by atoms with Crippen molar-refractivity contribution < 1.29 is 14.3 Å². The van der Waals surface area contributed by atoms with Gasteiger partial charge >= 0.3 is 11.7 Å². The second kappa shape index (κ2) is 4.45. The molecule has 0 aromatic carbocycles. The fourth-order valence-corrected chi connectivity index (χ4v) is 0.965. The van der Waals surface area contributed by atoms with Crippen molar-refractivity contribution in [3.8, 4) is 0 Å². The van der Waals surface area contributed by atoms with Crippen LogP contribution in [0.25, 0.3) is 0 Å². The number of methoxy groups -OCH3 is 1. The Labute approximate surface area is 84.8 Å². The van der Waals surface area contributed by atoms with E-state index in [1.54, 1.807) is 0 Å². The minimum absolute atomic E-state index is 0.0655. The average molecular weight is 213 g/mol. The maximum absolute atomic E-state index is 11.4. The van der Waals surface area contributed by atoms with E-state index in [9.17, 15) is 14.4 Å². The molecule has 0 aliphatic rings. The van der Waals surface area contributed by atoms with Gasteiger partial charge in [0.15, 0.2) is 0 Å². The molecule has 0 bridgehead atoms. The number of imidazole rings is 1. The smallest absolute Gasteiger partial charge is 0.328 e. The van der Waals surface area contributed by atoms with Gasteiger partial charge in [-0.1, -0.05) is 0 Å². The topological polar surface area (TPSA) is 104 Å². The number of esters is 1. The van der Waals surface area contributed by atoms with Gasteiger partial charge in [0.1, 0.15) is 11.7 Å². The van der Waals surface area contributed by atoms with Crippen LogP contribution < -0.4 is 11.0 Å². The number of H-pyrrole nitrogens is 2. The molecule has 0 aliphatic carbocycles. The van der Waals surface area contributed by atoms with Crippen molar-refractivity contribution >= 4 is 11.9 Å². The molecule has 1 rings (SSSR count). The Bertz CT molecular complexity index is 420. The van der Waals surface area contributed by atoms with Gasteiger partial charge in [-0.25, -0.2) is 9.59 Å². The van der Waals surface area contributed by atoms with E-state index in [2.05, 4.69) is 20.0 Å². The molecule has 1 atom stereocenters. The maximum Gasteiger partial charge on any atom is 0.328 e. The fourth-order valence-electron chi connectivity index (χ4n) is 0.965. The Morgan fingerprint density at radius 2 is 2.20 bits per heavy atom. The second-order valence-electron chi connectivity index (χ2n) is 2.87. The Hall–Kier alpha value is -2.05. The third-order valence-corrected chi connectivity index (χ3v) is 1.74. The highest BCUT2D eigenvalue weighted by Gasteiger charge is 2.17. The van der Waals surface area contributed by atoms with Crippen molar-refractivity contribution in [2.24, 2.45) is 0 Å². The molecule has 1 aromatic rings. The first-order valence-electron chi connectivity index (χ1n) is 4.21. The summed E-state index contributed by atoms with van der Waals surface area (Å²) < 4.78 is 4.42. The lowest BCUT2D eigenvalue weighted by atomic mass is 10.3. The molecular weight excluding hydrogens is 202 g/mol. The Morgan fingerprint density at radius 3 is 2.67 bits per heavy atom. The molecule has 0 saturated carbocycles. The fraction of sp³-hybridized carbons (Fsp3) is 0.375. The van der Waals surface area contributed by atoms with Gasteiger partial charge in [0.25, 0.3) is 5.91 Å². The average Bonchev–Trinajstić information content (AvgIpc) is 2.63. The summed E-state index contributed by atoms with van der Waals surface area (Å²) in [7, 11) is 1.23. The number of carbonyl (C=O) groups excluding carboxylic acids is 2. The van der Waals surface area contributed by atoms with Gasteiger partial charge < -0.3 is 20.0 Å². The number of aromatic nitrogens is 2. The number of hydrogen-bond acceptors (Lipinski definition) is 4. The van der Waals surface area contributed by atoms with E-state index in [0.29, 0.717) is 0 Å². The van der Waals surface area contributed by atoms with E-state index in [1.165, 1.54) is 20.2 Å². The van der Waals surface area contributed by atoms with Crippen LogP contribution in [-0.2, 0) is 9.53 Å². The third-order valence-electron chi connectivity index (χ3n) is 1.74. The molecule has 3 N–H and O–H groups in total.